The fraction of sp³-hybridized carbons (Fsp3) is 0.158. The number of carbonyl (C=O) groups excluding carboxylic acids is 1. The summed E-state index contributed by atoms with van der Waals surface area (Å²) in [5, 5.41) is 21.6. The molecule has 4 nitrogen and oxygen atoms in total. The molecule has 23 heavy (non-hydrogen) atoms. The Bertz CT molecular complexity index is 818. The minimum atomic E-state index is -0.391. The zero-order valence-corrected chi connectivity index (χ0v) is 12.5. The summed E-state index contributed by atoms with van der Waals surface area (Å²) in [4.78, 5) is 12.4. The van der Waals surface area contributed by atoms with Crippen LogP contribution in [-0.2, 0) is 11.2 Å². The van der Waals surface area contributed by atoms with Crippen LogP contribution in [0.15, 0.2) is 54.1 Å². The van der Waals surface area contributed by atoms with E-state index in [4.69, 9.17) is 0 Å². The van der Waals surface area contributed by atoms with Gasteiger partial charge < -0.3 is 10.4 Å². The first kappa shape index (κ1) is 14.9. The number of rotatable bonds is 3. The number of nitrogens with one attached hydrogen (secondary N) is 1. The number of nitriles is 1. The average Bonchev–Trinajstić information content (AvgIpc) is 2.96. The monoisotopic (exact) mass is 304 g/mol. The molecule has 0 saturated carbocycles. The van der Waals surface area contributed by atoms with E-state index in [-0.39, 0.29) is 17.4 Å². The Morgan fingerprint density at radius 3 is 2.87 bits per heavy atom. The van der Waals surface area contributed by atoms with Crippen LogP contribution in [0, 0.1) is 11.3 Å². The number of aromatic hydroxyl groups is 1. The van der Waals surface area contributed by atoms with Crippen LogP contribution in [0.5, 0.6) is 5.75 Å². The van der Waals surface area contributed by atoms with E-state index in [0.29, 0.717) is 5.56 Å². The molecule has 3 rings (SSSR count). The Labute approximate surface area is 134 Å². The normalized spacial score (nSPS) is 16.5. The van der Waals surface area contributed by atoms with Crippen LogP contribution in [0.3, 0.4) is 0 Å². The van der Waals surface area contributed by atoms with Gasteiger partial charge in [0.15, 0.2) is 0 Å². The molecular weight excluding hydrogens is 288 g/mol. The summed E-state index contributed by atoms with van der Waals surface area (Å²) in [6.45, 7) is 0. The van der Waals surface area contributed by atoms with Crippen molar-refractivity contribution in [3.63, 3.8) is 0 Å². The van der Waals surface area contributed by atoms with E-state index in [2.05, 4.69) is 11.4 Å². The van der Waals surface area contributed by atoms with Crippen LogP contribution in [0.25, 0.3) is 6.08 Å². The summed E-state index contributed by atoms with van der Waals surface area (Å²) in [5.41, 5.74) is 3.01. The summed E-state index contributed by atoms with van der Waals surface area (Å²) in [6.07, 6.45) is 3.26. The molecule has 0 saturated heterocycles. The average molecular weight is 304 g/mol. The van der Waals surface area contributed by atoms with Gasteiger partial charge >= 0.3 is 0 Å². The molecule has 0 aromatic heterocycles. The summed E-state index contributed by atoms with van der Waals surface area (Å²) in [5.74, 6) is -0.293. The molecule has 0 radical (unpaired) electrons. The maximum atomic E-state index is 12.4. The summed E-state index contributed by atoms with van der Waals surface area (Å²) in [6, 6.07) is 16.4. The Kier molecular flexibility index (Phi) is 4.11. The van der Waals surface area contributed by atoms with E-state index in [1.54, 1.807) is 18.2 Å². The Morgan fingerprint density at radius 2 is 2.09 bits per heavy atom. The van der Waals surface area contributed by atoms with Gasteiger partial charge in [0, 0.05) is 0 Å². The number of amides is 1. The van der Waals surface area contributed by atoms with Crippen molar-refractivity contribution in [3.05, 3.63) is 70.8 Å². The molecule has 114 valence electrons. The fourth-order valence-electron chi connectivity index (χ4n) is 2.87. The smallest absolute Gasteiger partial charge is 0.262 e. The highest BCUT2D eigenvalue weighted by molar-refractivity contribution is 6.01. The zero-order chi connectivity index (χ0) is 16.2. The van der Waals surface area contributed by atoms with Crippen molar-refractivity contribution < 1.29 is 9.90 Å². The summed E-state index contributed by atoms with van der Waals surface area (Å²) >= 11 is 0. The highest BCUT2D eigenvalue weighted by atomic mass is 16.3. The van der Waals surface area contributed by atoms with Gasteiger partial charge in [-0.15, -0.1) is 0 Å². The second-order valence-corrected chi connectivity index (χ2v) is 5.53. The van der Waals surface area contributed by atoms with Crippen LogP contribution in [-0.4, -0.2) is 11.0 Å². The predicted octanol–water partition coefficient (Wildman–Crippen LogP) is 3.10. The van der Waals surface area contributed by atoms with Crippen molar-refractivity contribution in [1.82, 2.24) is 5.32 Å². The van der Waals surface area contributed by atoms with Gasteiger partial charge in [0.2, 0.25) is 0 Å². The van der Waals surface area contributed by atoms with Gasteiger partial charge in [0.05, 0.1) is 6.04 Å². The summed E-state index contributed by atoms with van der Waals surface area (Å²) in [7, 11) is 0. The lowest BCUT2D eigenvalue weighted by Gasteiger charge is -2.13. The van der Waals surface area contributed by atoms with Gasteiger partial charge in [-0.25, -0.2) is 0 Å². The maximum Gasteiger partial charge on any atom is 0.262 e. The molecule has 1 aliphatic carbocycles. The number of aryl methyl sites for hydroxylation is 1. The van der Waals surface area contributed by atoms with Crippen LogP contribution in [0.1, 0.15) is 29.2 Å². The molecule has 1 aliphatic rings. The van der Waals surface area contributed by atoms with Crippen molar-refractivity contribution in [1.29, 1.82) is 5.26 Å². The Balaban J connectivity index is 1.78. The quantitative estimate of drug-likeness (QED) is 0.676. The number of fused-ring (bicyclic) bond motifs is 1. The molecule has 0 aliphatic heterocycles. The lowest BCUT2D eigenvalue weighted by atomic mass is 10.1. The molecule has 1 atom stereocenters. The van der Waals surface area contributed by atoms with Gasteiger partial charge in [-0.05, 0) is 47.7 Å². The lowest BCUT2D eigenvalue weighted by molar-refractivity contribution is -0.117. The fourth-order valence-corrected chi connectivity index (χ4v) is 2.87. The second kappa shape index (κ2) is 6.37. The number of hydrogen-bond acceptors (Lipinski definition) is 3. The first-order chi connectivity index (χ1) is 11.2. The zero-order valence-electron chi connectivity index (χ0n) is 12.5. The van der Waals surface area contributed by atoms with Crippen molar-refractivity contribution >= 4 is 12.0 Å². The number of phenolic OH excluding ortho intramolecular Hbond substituents is 1. The molecule has 0 fully saturated rings. The molecule has 4 heteroatoms. The highest BCUT2D eigenvalue weighted by Crippen LogP contribution is 2.30. The van der Waals surface area contributed by atoms with Crippen molar-refractivity contribution in [2.24, 2.45) is 0 Å². The van der Waals surface area contributed by atoms with Gasteiger partial charge in [-0.3, -0.25) is 4.79 Å². The van der Waals surface area contributed by atoms with Crippen LogP contribution in [0.2, 0.25) is 0 Å². The predicted molar refractivity (Wildman–Crippen MR) is 87.3 cm³/mol. The van der Waals surface area contributed by atoms with Crippen molar-refractivity contribution in [3.8, 4) is 11.8 Å². The largest absolute Gasteiger partial charge is 0.508 e. The molecule has 1 unspecified atom stereocenters. The van der Waals surface area contributed by atoms with E-state index in [9.17, 15) is 15.2 Å². The molecule has 2 aromatic carbocycles. The SMILES string of the molecule is N#C/C(=C\c1cccc(O)c1)C(=O)NC1CCc2ccccc21. The number of benzene rings is 2. The van der Waals surface area contributed by atoms with Crippen LogP contribution < -0.4 is 5.32 Å². The van der Waals surface area contributed by atoms with E-state index in [1.807, 2.05) is 24.3 Å². The Morgan fingerprint density at radius 1 is 1.26 bits per heavy atom. The highest BCUT2D eigenvalue weighted by Gasteiger charge is 2.24. The number of hydrogen-bond donors (Lipinski definition) is 2. The number of carbonyl (C=O) groups is 1. The Hall–Kier alpha value is -3.06. The molecule has 0 bridgehead atoms. The van der Waals surface area contributed by atoms with E-state index >= 15 is 0 Å². The minimum Gasteiger partial charge on any atom is -0.508 e. The minimum absolute atomic E-state index is 0.0278. The van der Waals surface area contributed by atoms with Gasteiger partial charge in [0.1, 0.15) is 17.4 Å². The molecule has 1 amide bonds. The molecular formula is C19H16N2O2. The molecule has 0 spiro atoms. The second-order valence-electron chi connectivity index (χ2n) is 5.53. The third-order valence-electron chi connectivity index (χ3n) is 3.98. The first-order valence-corrected chi connectivity index (χ1v) is 7.47. The van der Waals surface area contributed by atoms with Crippen LogP contribution >= 0.6 is 0 Å². The first-order valence-electron chi connectivity index (χ1n) is 7.47. The maximum absolute atomic E-state index is 12.4. The summed E-state index contributed by atoms with van der Waals surface area (Å²) < 4.78 is 0. The van der Waals surface area contributed by atoms with E-state index < -0.39 is 5.91 Å². The van der Waals surface area contributed by atoms with Gasteiger partial charge in [-0.2, -0.15) is 5.26 Å². The molecule has 2 N–H and O–H groups in total. The standard InChI is InChI=1S/C19H16N2O2/c20-12-15(10-13-4-3-6-16(22)11-13)19(23)21-18-9-8-14-5-1-2-7-17(14)18/h1-7,10-11,18,22H,8-9H2,(H,21,23)/b15-10+. The number of nitrogens with zero attached hydrogens (tertiary/aromatic N) is 1. The third kappa shape index (κ3) is 3.24. The molecule has 0 heterocycles. The molecule has 2 aromatic rings. The van der Waals surface area contributed by atoms with Crippen LogP contribution in [0.4, 0.5) is 0 Å². The van der Waals surface area contributed by atoms with Gasteiger partial charge in [0.25, 0.3) is 5.91 Å². The van der Waals surface area contributed by atoms with E-state index in [1.165, 1.54) is 17.7 Å². The van der Waals surface area contributed by atoms with Crippen molar-refractivity contribution in [2.75, 3.05) is 0 Å². The topological polar surface area (TPSA) is 73.1 Å². The van der Waals surface area contributed by atoms with E-state index in [0.717, 1.165) is 18.4 Å². The number of phenols is 1. The van der Waals surface area contributed by atoms with Crippen molar-refractivity contribution in [2.45, 2.75) is 18.9 Å². The lowest BCUT2D eigenvalue weighted by Crippen LogP contribution is -2.28. The third-order valence-corrected chi connectivity index (χ3v) is 3.98. The van der Waals surface area contributed by atoms with Gasteiger partial charge in [-0.1, -0.05) is 36.4 Å².